The standard InChI is InChI=1S/C12H16NO2S.Li/c1-4-13(5-2)12(16)15-11-8-6-10(14-3)7-9-11;/h6,8-9H,4-5H2,1-3H3;/q-1;+1. The minimum absolute atomic E-state index is 0. The Morgan fingerprint density at radius 1 is 1.35 bits per heavy atom. The second kappa shape index (κ2) is 8.41. The van der Waals surface area contributed by atoms with Crippen LogP contribution < -0.4 is 28.3 Å². The number of nitrogens with zero attached hydrogens (tertiary/aromatic N) is 1. The Bertz CT molecular complexity index is 339. The number of ether oxygens (including phenoxy) is 2. The number of hydrogen-bond donors (Lipinski definition) is 0. The molecule has 0 spiro atoms. The van der Waals surface area contributed by atoms with E-state index in [4.69, 9.17) is 21.7 Å². The van der Waals surface area contributed by atoms with E-state index in [0.29, 0.717) is 16.7 Å². The summed E-state index contributed by atoms with van der Waals surface area (Å²) in [5.74, 6) is 1.36. The van der Waals surface area contributed by atoms with Crippen LogP contribution in [0.1, 0.15) is 13.8 Å². The van der Waals surface area contributed by atoms with E-state index in [0.717, 1.165) is 13.1 Å². The first-order valence-electron chi connectivity index (χ1n) is 5.23. The van der Waals surface area contributed by atoms with Gasteiger partial charge < -0.3 is 14.4 Å². The smallest absolute Gasteiger partial charge is 0.523 e. The Balaban J connectivity index is 0.00000256. The average molecular weight is 245 g/mol. The van der Waals surface area contributed by atoms with Crippen molar-refractivity contribution in [3.63, 3.8) is 0 Å². The van der Waals surface area contributed by atoms with Gasteiger partial charge in [-0.1, -0.05) is 0 Å². The molecule has 0 aromatic heterocycles. The van der Waals surface area contributed by atoms with E-state index >= 15 is 0 Å². The van der Waals surface area contributed by atoms with Crippen LogP contribution in [0.3, 0.4) is 0 Å². The molecule has 0 bridgehead atoms. The largest absolute Gasteiger partial charge is 1.00 e. The first kappa shape index (κ1) is 16.3. The van der Waals surface area contributed by atoms with Gasteiger partial charge in [-0.15, -0.1) is 24.3 Å². The molecule has 0 aliphatic heterocycles. The Morgan fingerprint density at radius 3 is 2.41 bits per heavy atom. The fourth-order valence-corrected chi connectivity index (χ4v) is 1.59. The van der Waals surface area contributed by atoms with Gasteiger partial charge in [0.1, 0.15) is 0 Å². The second-order valence-electron chi connectivity index (χ2n) is 3.13. The molecule has 0 aliphatic rings. The molecule has 88 valence electrons. The van der Waals surface area contributed by atoms with Crippen LogP contribution in [0.2, 0.25) is 0 Å². The van der Waals surface area contributed by atoms with Crippen molar-refractivity contribution in [2.45, 2.75) is 13.8 Å². The van der Waals surface area contributed by atoms with Gasteiger partial charge >= 0.3 is 18.9 Å². The van der Waals surface area contributed by atoms with Gasteiger partial charge in [0.2, 0.25) is 0 Å². The molecule has 1 aromatic rings. The summed E-state index contributed by atoms with van der Waals surface area (Å²) in [5, 5.41) is 0.489. The molecule has 1 rings (SSSR count). The third kappa shape index (κ3) is 4.99. The second-order valence-corrected chi connectivity index (χ2v) is 3.48. The molecule has 0 aliphatic carbocycles. The zero-order valence-corrected chi connectivity index (χ0v) is 11.6. The number of benzene rings is 1. The summed E-state index contributed by atoms with van der Waals surface area (Å²) >= 11 is 5.18. The summed E-state index contributed by atoms with van der Waals surface area (Å²) in [6.45, 7) is 5.77. The Kier molecular flexibility index (Phi) is 8.06. The third-order valence-corrected chi connectivity index (χ3v) is 2.54. The van der Waals surface area contributed by atoms with E-state index in [1.54, 1.807) is 19.2 Å². The Hall–Kier alpha value is -0.693. The molecule has 0 amide bonds. The monoisotopic (exact) mass is 245 g/mol. The van der Waals surface area contributed by atoms with Gasteiger partial charge in [-0.3, -0.25) is 0 Å². The molecule has 0 fully saturated rings. The van der Waals surface area contributed by atoms with E-state index in [1.807, 2.05) is 24.8 Å². The van der Waals surface area contributed by atoms with Crippen molar-refractivity contribution in [3.8, 4) is 11.5 Å². The summed E-state index contributed by atoms with van der Waals surface area (Å²) in [6.07, 6.45) is 0. The van der Waals surface area contributed by atoms with Crippen LogP contribution in [0.5, 0.6) is 11.5 Å². The minimum Gasteiger partial charge on any atom is -0.523 e. The Labute approximate surface area is 120 Å². The Morgan fingerprint density at radius 2 is 2.00 bits per heavy atom. The maximum atomic E-state index is 5.53. The van der Waals surface area contributed by atoms with Gasteiger partial charge in [0, 0.05) is 24.6 Å². The van der Waals surface area contributed by atoms with Crippen molar-refractivity contribution in [1.29, 1.82) is 0 Å². The van der Waals surface area contributed by atoms with E-state index in [1.165, 1.54) is 0 Å². The van der Waals surface area contributed by atoms with Crippen molar-refractivity contribution in [1.82, 2.24) is 4.90 Å². The van der Waals surface area contributed by atoms with Crippen molar-refractivity contribution in [2.75, 3.05) is 20.2 Å². The van der Waals surface area contributed by atoms with E-state index in [2.05, 4.69) is 6.07 Å². The van der Waals surface area contributed by atoms with E-state index in [9.17, 15) is 0 Å². The summed E-state index contributed by atoms with van der Waals surface area (Å²) in [7, 11) is 1.60. The zero-order valence-electron chi connectivity index (χ0n) is 10.8. The fourth-order valence-electron chi connectivity index (χ4n) is 1.23. The van der Waals surface area contributed by atoms with Crippen molar-refractivity contribution < 1.29 is 28.3 Å². The zero-order chi connectivity index (χ0) is 12.0. The van der Waals surface area contributed by atoms with Gasteiger partial charge in [-0.25, -0.2) is 0 Å². The van der Waals surface area contributed by atoms with Gasteiger partial charge in [-0.2, -0.15) is 0 Å². The first-order chi connectivity index (χ1) is 7.71. The number of methoxy groups -OCH3 is 1. The van der Waals surface area contributed by atoms with Crippen LogP contribution >= 0.6 is 12.2 Å². The maximum Gasteiger partial charge on any atom is 1.00 e. The fraction of sp³-hybridized carbons (Fsp3) is 0.417. The molecule has 1 aromatic carbocycles. The molecule has 0 saturated heterocycles. The van der Waals surface area contributed by atoms with Crippen molar-refractivity contribution in [3.05, 3.63) is 24.3 Å². The molecular weight excluding hydrogens is 229 g/mol. The molecule has 0 radical (unpaired) electrons. The van der Waals surface area contributed by atoms with Crippen LogP contribution in [0.25, 0.3) is 0 Å². The quantitative estimate of drug-likeness (QED) is 0.405. The topological polar surface area (TPSA) is 21.7 Å². The molecule has 0 saturated carbocycles. The average Bonchev–Trinajstić information content (AvgIpc) is 2.31. The van der Waals surface area contributed by atoms with Crippen molar-refractivity contribution in [2.24, 2.45) is 0 Å². The molecule has 0 unspecified atom stereocenters. The molecule has 0 atom stereocenters. The summed E-state index contributed by atoms with van der Waals surface area (Å²) in [4.78, 5) is 1.97. The van der Waals surface area contributed by atoms with Crippen LogP contribution in [-0.2, 0) is 0 Å². The minimum atomic E-state index is 0. The van der Waals surface area contributed by atoms with Gasteiger partial charge in [0.25, 0.3) is 5.17 Å². The van der Waals surface area contributed by atoms with Crippen LogP contribution in [-0.4, -0.2) is 30.3 Å². The molecule has 3 nitrogen and oxygen atoms in total. The summed E-state index contributed by atoms with van der Waals surface area (Å²) in [6, 6.07) is 8.26. The van der Waals surface area contributed by atoms with Crippen LogP contribution in [0.4, 0.5) is 0 Å². The normalized spacial score (nSPS) is 9.12. The first-order valence-corrected chi connectivity index (χ1v) is 5.64. The van der Waals surface area contributed by atoms with Gasteiger partial charge in [-0.05, 0) is 26.1 Å². The molecule has 17 heavy (non-hydrogen) atoms. The van der Waals surface area contributed by atoms with Crippen LogP contribution in [0, 0.1) is 6.07 Å². The maximum absolute atomic E-state index is 5.53. The van der Waals surface area contributed by atoms with Gasteiger partial charge in [0.05, 0.1) is 7.11 Å². The SMILES string of the molecule is CCN(CC)C(=S)Oc1c[c-]c(OC)cc1.[Li+]. The van der Waals surface area contributed by atoms with Crippen molar-refractivity contribution >= 4 is 17.4 Å². The van der Waals surface area contributed by atoms with E-state index < -0.39 is 0 Å². The molecule has 0 N–H and O–H groups in total. The number of rotatable bonds is 4. The number of thiocarbonyl (C=S) groups is 1. The van der Waals surface area contributed by atoms with E-state index in [-0.39, 0.29) is 18.9 Å². The predicted molar refractivity (Wildman–Crippen MR) is 68.0 cm³/mol. The molecule has 0 heterocycles. The summed E-state index contributed by atoms with van der Waals surface area (Å²) in [5.41, 5.74) is 0. The summed E-state index contributed by atoms with van der Waals surface area (Å²) < 4.78 is 10.5. The van der Waals surface area contributed by atoms with Crippen LogP contribution in [0.15, 0.2) is 18.2 Å². The van der Waals surface area contributed by atoms with Gasteiger partial charge in [0.15, 0.2) is 0 Å². The predicted octanol–water partition coefficient (Wildman–Crippen LogP) is -0.495. The number of hydrogen-bond acceptors (Lipinski definition) is 3. The third-order valence-electron chi connectivity index (χ3n) is 2.20. The molecule has 5 heteroatoms. The molecular formula is C12H16LiNO2S.